The third kappa shape index (κ3) is 3.89. The predicted molar refractivity (Wildman–Crippen MR) is 47.9 cm³/mol. The second-order valence-electron chi connectivity index (χ2n) is 2.77. The van der Waals surface area contributed by atoms with Gasteiger partial charge in [-0.15, -0.1) is 0 Å². The van der Waals surface area contributed by atoms with Crippen LogP contribution in [-0.4, -0.2) is 31.1 Å². The first-order chi connectivity index (χ1) is 6.02. The Kier molecular flexibility index (Phi) is 5.06. The summed E-state index contributed by atoms with van der Waals surface area (Å²) in [5.41, 5.74) is 5.44. The van der Waals surface area contributed by atoms with Crippen molar-refractivity contribution in [1.29, 1.82) is 0 Å². The van der Waals surface area contributed by atoms with E-state index in [9.17, 15) is 9.59 Å². The van der Waals surface area contributed by atoms with Gasteiger partial charge in [0.1, 0.15) is 6.04 Å². The zero-order valence-electron chi connectivity index (χ0n) is 8.16. The zero-order valence-corrected chi connectivity index (χ0v) is 8.16. The van der Waals surface area contributed by atoms with Gasteiger partial charge in [0, 0.05) is 0 Å². The van der Waals surface area contributed by atoms with Gasteiger partial charge in [-0.05, 0) is 13.3 Å². The third-order valence-corrected chi connectivity index (χ3v) is 1.69. The summed E-state index contributed by atoms with van der Waals surface area (Å²) < 4.78 is 4.43. The van der Waals surface area contributed by atoms with Crippen molar-refractivity contribution in [3.63, 3.8) is 0 Å². The van der Waals surface area contributed by atoms with Crippen molar-refractivity contribution in [3.05, 3.63) is 0 Å². The van der Waals surface area contributed by atoms with E-state index in [4.69, 9.17) is 5.73 Å². The van der Waals surface area contributed by atoms with Crippen LogP contribution in [0, 0.1) is 0 Å². The number of nitrogens with two attached hydrogens (primary N) is 1. The van der Waals surface area contributed by atoms with Crippen molar-refractivity contribution in [2.75, 3.05) is 7.11 Å². The molecule has 0 rings (SSSR count). The summed E-state index contributed by atoms with van der Waals surface area (Å²) >= 11 is 0. The van der Waals surface area contributed by atoms with E-state index in [2.05, 4.69) is 10.1 Å². The summed E-state index contributed by atoms with van der Waals surface area (Å²) in [5.74, 6) is -0.808. The summed E-state index contributed by atoms with van der Waals surface area (Å²) in [6, 6.07) is -1.21. The van der Waals surface area contributed by atoms with Gasteiger partial charge in [0.15, 0.2) is 0 Å². The third-order valence-electron chi connectivity index (χ3n) is 1.69. The SMILES string of the molecule is CC[C@H](N)C(=O)NC(C)C(=O)OC. The standard InChI is InChI=1S/C8H16N2O3/c1-4-6(9)7(11)10-5(2)8(12)13-3/h5-6H,4,9H2,1-3H3,(H,10,11)/t5?,6-/m0/s1. The average Bonchev–Trinajstić information content (AvgIpc) is 2.14. The summed E-state index contributed by atoms with van der Waals surface area (Å²) in [4.78, 5) is 22.0. The topological polar surface area (TPSA) is 81.4 Å². The maximum atomic E-state index is 11.2. The fraction of sp³-hybridized carbons (Fsp3) is 0.750. The van der Waals surface area contributed by atoms with Crippen molar-refractivity contribution < 1.29 is 14.3 Å². The molecule has 0 heterocycles. The quantitative estimate of drug-likeness (QED) is 0.577. The lowest BCUT2D eigenvalue weighted by atomic mass is 10.2. The number of nitrogens with one attached hydrogen (secondary N) is 1. The van der Waals surface area contributed by atoms with Crippen LogP contribution in [0.2, 0.25) is 0 Å². The normalized spacial score (nSPS) is 14.5. The molecule has 0 aliphatic carbocycles. The maximum absolute atomic E-state index is 11.2. The number of ether oxygens (including phenoxy) is 1. The van der Waals surface area contributed by atoms with Gasteiger partial charge in [-0.25, -0.2) is 4.79 Å². The molecule has 5 nitrogen and oxygen atoms in total. The number of esters is 1. The van der Waals surface area contributed by atoms with Crippen LogP contribution in [0.4, 0.5) is 0 Å². The molecule has 1 unspecified atom stereocenters. The first-order valence-electron chi connectivity index (χ1n) is 4.16. The maximum Gasteiger partial charge on any atom is 0.328 e. The fourth-order valence-corrected chi connectivity index (χ4v) is 0.742. The smallest absolute Gasteiger partial charge is 0.328 e. The molecule has 76 valence electrons. The van der Waals surface area contributed by atoms with E-state index in [0.717, 1.165) is 0 Å². The van der Waals surface area contributed by atoms with Crippen LogP contribution in [0.3, 0.4) is 0 Å². The van der Waals surface area contributed by atoms with Crippen LogP contribution in [0.25, 0.3) is 0 Å². The van der Waals surface area contributed by atoms with Gasteiger partial charge in [0.2, 0.25) is 5.91 Å². The predicted octanol–water partition coefficient (Wildman–Crippen LogP) is -0.599. The lowest BCUT2D eigenvalue weighted by molar-refractivity contribution is -0.144. The summed E-state index contributed by atoms with van der Waals surface area (Å²) in [5, 5.41) is 2.44. The van der Waals surface area contributed by atoms with Crippen molar-refractivity contribution >= 4 is 11.9 Å². The Morgan fingerprint density at radius 2 is 2.08 bits per heavy atom. The number of hydrogen-bond donors (Lipinski definition) is 2. The molecule has 0 saturated carbocycles. The van der Waals surface area contributed by atoms with E-state index < -0.39 is 18.1 Å². The van der Waals surface area contributed by atoms with E-state index in [1.807, 2.05) is 0 Å². The molecule has 0 spiro atoms. The number of amides is 1. The first kappa shape index (κ1) is 11.9. The number of hydrogen-bond acceptors (Lipinski definition) is 4. The van der Waals surface area contributed by atoms with Crippen molar-refractivity contribution in [1.82, 2.24) is 5.32 Å². The zero-order chi connectivity index (χ0) is 10.4. The summed E-state index contributed by atoms with van der Waals surface area (Å²) in [7, 11) is 1.27. The molecule has 2 atom stereocenters. The van der Waals surface area contributed by atoms with Crippen molar-refractivity contribution in [3.8, 4) is 0 Å². The molecule has 13 heavy (non-hydrogen) atoms. The lowest BCUT2D eigenvalue weighted by Crippen LogP contribution is -2.47. The largest absolute Gasteiger partial charge is 0.467 e. The number of methoxy groups -OCH3 is 1. The average molecular weight is 188 g/mol. The molecule has 3 N–H and O–H groups in total. The number of carbonyl (C=O) groups is 2. The highest BCUT2D eigenvalue weighted by Crippen LogP contribution is 1.90. The van der Waals surface area contributed by atoms with Crippen molar-refractivity contribution in [2.45, 2.75) is 32.4 Å². The Morgan fingerprint density at radius 3 is 2.46 bits per heavy atom. The molecule has 0 radical (unpaired) electrons. The molecule has 0 aromatic heterocycles. The summed E-state index contributed by atoms with van der Waals surface area (Å²) in [6.07, 6.45) is 0.541. The van der Waals surface area contributed by atoms with Crippen LogP contribution in [0.1, 0.15) is 20.3 Å². The Balaban J connectivity index is 3.98. The van der Waals surface area contributed by atoms with Crippen LogP contribution in [-0.2, 0) is 14.3 Å². The Morgan fingerprint density at radius 1 is 1.54 bits per heavy atom. The molecule has 0 saturated heterocycles. The monoisotopic (exact) mass is 188 g/mol. The van der Waals surface area contributed by atoms with Gasteiger partial charge in [-0.2, -0.15) is 0 Å². The van der Waals surface area contributed by atoms with Crippen LogP contribution >= 0.6 is 0 Å². The second kappa shape index (κ2) is 5.53. The molecule has 0 aliphatic heterocycles. The van der Waals surface area contributed by atoms with E-state index in [1.54, 1.807) is 13.8 Å². The Bertz CT molecular complexity index is 194. The van der Waals surface area contributed by atoms with E-state index in [-0.39, 0.29) is 5.91 Å². The van der Waals surface area contributed by atoms with Gasteiger partial charge >= 0.3 is 5.97 Å². The highest BCUT2D eigenvalue weighted by molar-refractivity contribution is 5.87. The number of carbonyl (C=O) groups excluding carboxylic acids is 2. The lowest BCUT2D eigenvalue weighted by Gasteiger charge is -2.14. The van der Waals surface area contributed by atoms with Crippen LogP contribution in [0.15, 0.2) is 0 Å². The Hall–Kier alpha value is -1.10. The summed E-state index contributed by atoms with van der Waals surface area (Å²) in [6.45, 7) is 3.35. The van der Waals surface area contributed by atoms with E-state index in [1.165, 1.54) is 7.11 Å². The van der Waals surface area contributed by atoms with Gasteiger partial charge < -0.3 is 15.8 Å². The minimum absolute atomic E-state index is 0.333. The van der Waals surface area contributed by atoms with E-state index in [0.29, 0.717) is 6.42 Å². The first-order valence-corrected chi connectivity index (χ1v) is 4.16. The molecule has 0 aromatic rings. The molecular formula is C8H16N2O3. The van der Waals surface area contributed by atoms with Crippen LogP contribution < -0.4 is 11.1 Å². The highest BCUT2D eigenvalue weighted by atomic mass is 16.5. The van der Waals surface area contributed by atoms with Gasteiger partial charge in [-0.1, -0.05) is 6.92 Å². The Labute approximate surface area is 77.6 Å². The molecular weight excluding hydrogens is 172 g/mol. The molecule has 1 amide bonds. The molecule has 0 aliphatic rings. The molecule has 0 bridgehead atoms. The molecule has 0 fully saturated rings. The second-order valence-corrected chi connectivity index (χ2v) is 2.77. The van der Waals surface area contributed by atoms with Gasteiger partial charge in [0.05, 0.1) is 13.2 Å². The fourth-order valence-electron chi connectivity index (χ4n) is 0.742. The highest BCUT2D eigenvalue weighted by Gasteiger charge is 2.18. The van der Waals surface area contributed by atoms with Crippen molar-refractivity contribution in [2.24, 2.45) is 5.73 Å². The molecule has 5 heteroatoms. The number of rotatable bonds is 4. The van der Waals surface area contributed by atoms with Gasteiger partial charge in [0.25, 0.3) is 0 Å². The van der Waals surface area contributed by atoms with Crippen LogP contribution in [0.5, 0.6) is 0 Å². The van der Waals surface area contributed by atoms with E-state index >= 15 is 0 Å². The minimum atomic E-state index is -0.643. The minimum Gasteiger partial charge on any atom is -0.467 e. The molecule has 0 aromatic carbocycles. The van der Waals surface area contributed by atoms with Gasteiger partial charge in [-0.3, -0.25) is 4.79 Å².